The highest BCUT2D eigenvalue weighted by Crippen LogP contribution is 2.45. The first kappa shape index (κ1) is 14.2. The number of aliphatic hydroxyl groups excluding tert-OH is 1. The summed E-state index contributed by atoms with van der Waals surface area (Å²) in [6, 6.07) is 11.3. The van der Waals surface area contributed by atoms with Gasteiger partial charge in [-0.1, -0.05) is 29.3 Å². The number of methoxy groups -OCH3 is 1. The summed E-state index contributed by atoms with van der Waals surface area (Å²) in [7, 11) is 1.60. The molecule has 2 aromatic carbocycles. The van der Waals surface area contributed by atoms with E-state index in [1.54, 1.807) is 13.2 Å². The van der Waals surface area contributed by atoms with Gasteiger partial charge in [-0.15, -0.1) is 0 Å². The molecular weight excluding hydrogens is 288 g/mol. The molecule has 0 aromatic heterocycles. The van der Waals surface area contributed by atoms with Crippen LogP contribution in [-0.4, -0.2) is 12.2 Å². The monoisotopic (exact) mass is 304 g/mol. The summed E-state index contributed by atoms with van der Waals surface area (Å²) in [4.78, 5) is 0. The molecule has 1 aliphatic heterocycles. The minimum absolute atomic E-state index is 0.321. The minimum Gasteiger partial charge on any atom is -0.496 e. The SMILES string of the molecule is COc1cccc(Cl)c1C1C[C@@H](O)c2cc(C)ccc2O1. The molecule has 0 amide bonds. The summed E-state index contributed by atoms with van der Waals surface area (Å²) in [5, 5.41) is 11.0. The first-order chi connectivity index (χ1) is 10.1. The Morgan fingerprint density at radius 2 is 2.10 bits per heavy atom. The second kappa shape index (κ2) is 5.58. The number of rotatable bonds is 2. The molecule has 0 spiro atoms. The van der Waals surface area contributed by atoms with Crippen LogP contribution in [0.25, 0.3) is 0 Å². The van der Waals surface area contributed by atoms with E-state index in [4.69, 9.17) is 21.1 Å². The maximum Gasteiger partial charge on any atom is 0.132 e. The summed E-state index contributed by atoms with van der Waals surface area (Å²) >= 11 is 6.30. The third-order valence-corrected chi connectivity index (χ3v) is 4.12. The van der Waals surface area contributed by atoms with E-state index >= 15 is 0 Å². The Bertz CT molecular complexity index is 669. The number of aliphatic hydroxyl groups is 1. The molecule has 1 heterocycles. The number of hydrogen-bond acceptors (Lipinski definition) is 3. The molecule has 3 rings (SSSR count). The summed E-state index contributed by atoms with van der Waals surface area (Å²) in [5.74, 6) is 1.38. The maximum absolute atomic E-state index is 10.4. The van der Waals surface area contributed by atoms with Gasteiger partial charge in [0.2, 0.25) is 0 Å². The van der Waals surface area contributed by atoms with E-state index in [2.05, 4.69) is 0 Å². The molecule has 0 saturated carbocycles. The highest BCUT2D eigenvalue weighted by Gasteiger charge is 2.31. The normalized spacial score (nSPS) is 20.6. The van der Waals surface area contributed by atoms with Crippen molar-refractivity contribution in [2.24, 2.45) is 0 Å². The predicted molar refractivity (Wildman–Crippen MR) is 82.1 cm³/mol. The molecule has 4 heteroatoms. The molecule has 1 aliphatic rings. The van der Waals surface area contributed by atoms with Crippen molar-refractivity contribution in [3.05, 3.63) is 58.1 Å². The van der Waals surface area contributed by atoms with Crippen LogP contribution in [0.2, 0.25) is 5.02 Å². The lowest BCUT2D eigenvalue weighted by Gasteiger charge is -2.31. The van der Waals surface area contributed by atoms with E-state index in [0.29, 0.717) is 22.9 Å². The van der Waals surface area contributed by atoms with E-state index in [1.165, 1.54) is 0 Å². The number of halogens is 1. The number of fused-ring (bicyclic) bond motifs is 1. The van der Waals surface area contributed by atoms with Crippen molar-refractivity contribution in [3.63, 3.8) is 0 Å². The Morgan fingerprint density at radius 1 is 1.29 bits per heavy atom. The third kappa shape index (κ3) is 2.59. The predicted octanol–water partition coefficient (Wildman–Crippen LogP) is 4.21. The minimum atomic E-state index is -0.570. The summed E-state index contributed by atoms with van der Waals surface area (Å²) in [6.07, 6.45) is -0.435. The fourth-order valence-electron chi connectivity index (χ4n) is 2.75. The van der Waals surface area contributed by atoms with Gasteiger partial charge in [0.1, 0.15) is 17.6 Å². The van der Waals surface area contributed by atoms with Gasteiger partial charge in [0, 0.05) is 12.0 Å². The second-order valence-corrected chi connectivity index (χ2v) is 5.66. The van der Waals surface area contributed by atoms with Crippen molar-refractivity contribution in [2.45, 2.75) is 25.6 Å². The largest absolute Gasteiger partial charge is 0.496 e. The van der Waals surface area contributed by atoms with Gasteiger partial charge in [-0.2, -0.15) is 0 Å². The standard InChI is InChI=1S/C17H17ClO3/c1-10-6-7-14-11(8-10)13(19)9-16(21-14)17-12(18)4-3-5-15(17)20-2/h3-8,13,16,19H,9H2,1-2H3/t13-,16?/m1/s1. The number of hydrogen-bond donors (Lipinski definition) is 1. The Kier molecular flexibility index (Phi) is 3.79. The third-order valence-electron chi connectivity index (χ3n) is 3.79. The molecule has 0 radical (unpaired) electrons. The fourth-order valence-corrected chi connectivity index (χ4v) is 3.04. The summed E-state index contributed by atoms with van der Waals surface area (Å²) in [6.45, 7) is 2.00. The van der Waals surface area contributed by atoms with Crippen LogP contribution in [0.5, 0.6) is 11.5 Å². The average molecular weight is 305 g/mol. The average Bonchev–Trinajstić information content (AvgIpc) is 2.47. The van der Waals surface area contributed by atoms with Crippen LogP contribution < -0.4 is 9.47 Å². The zero-order valence-corrected chi connectivity index (χ0v) is 12.7. The van der Waals surface area contributed by atoms with Crippen LogP contribution in [-0.2, 0) is 0 Å². The van der Waals surface area contributed by atoms with Crippen LogP contribution in [0.1, 0.15) is 35.3 Å². The first-order valence-electron chi connectivity index (χ1n) is 6.88. The van der Waals surface area contributed by atoms with Gasteiger partial charge < -0.3 is 14.6 Å². The van der Waals surface area contributed by atoms with Crippen LogP contribution in [0.15, 0.2) is 36.4 Å². The second-order valence-electron chi connectivity index (χ2n) is 5.26. The van der Waals surface area contributed by atoms with Crippen molar-refractivity contribution >= 4 is 11.6 Å². The Balaban J connectivity index is 2.02. The molecule has 1 unspecified atom stereocenters. The first-order valence-corrected chi connectivity index (χ1v) is 7.25. The van der Waals surface area contributed by atoms with Gasteiger partial charge >= 0.3 is 0 Å². The lowest BCUT2D eigenvalue weighted by atomic mass is 9.93. The van der Waals surface area contributed by atoms with Crippen molar-refractivity contribution < 1.29 is 14.6 Å². The van der Waals surface area contributed by atoms with Gasteiger partial charge in [-0.3, -0.25) is 0 Å². The quantitative estimate of drug-likeness (QED) is 0.903. The molecule has 110 valence electrons. The molecule has 0 bridgehead atoms. The number of benzene rings is 2. The topological polar surface area (TPSA) is 38.7 Å². The van der Waals surface area contributed by atoms with Gasteiger partial charge in [0.15, 0.2) is 0 Å². The van der Waals surface area contributed by atoms with E-state index in [0.717, 1.165) is 16.7 Å². The molecule has 2 atom stereocenters. The van der Waals surface area contributed by atoms with Crippen molar-refractivity contribution in [1.29, 1.82) is 0 Å². The Hall–Kier alpha value is -1.71. The van der Waals surface area contributed by atoms with Crippen molar-refractivity contribution in [3.8, 4) is 11.5 Å². The molecule has 3 nitrogen and oxygen atoms in total. The van der Waals surface area contributed by atoms with Gasteiger partial charge in [-0.25, -0.2) is 0 Å². The van der Waals surface area contributed by atoms with Crippen LogP contribution in [0.3, 0.4) is 0 Å². The highest BCUT2D eigenvalue weighted by molar-refractivity contribution is 6.31. The molecule has 21 heavy (non-hydrogen) atoms. The van der Waals surface area contributed by atoms with E-state index in [9.17, 15) is 5.11 Å². The molecular formula is C17H17ClO3. The highest BCUT2D eigenvalue weighted by atomic mass is 35.5. The zero-order valence-electron chi connectivity index (χ0n) is 12.0. The summed E-state index contributed by atoms with van der Waals surface area (Å²) < 4.78 is 11.4. The zero-order chi connectivity index (χ0) is 15.0. The van der Waals surface area contributed by atoms with E-state index in [-0.39, 0.29) is 6.10 Å². The molecule has 0 aliphatic carbocycles. The van der Waals surface area contributed by atoms with Crippen LogP contribution in [0, 0.1) is 6.92 Å². The van der Waals surface area contributed by atoms with Gasteiger partial charge in [-0.05, 0) is 31.2 Å². The summed E-state index contributed by atoms with van der Waals surface area (Å²) in [5.41, 5.74) is 2.72. The van der Waals surface area contributed by atoms with Gasteiger partial charge in [0.05, 0.1) is 23.8 Å². The lowest BCUT2D eigenvalue weighted by molar-refractivity contribution is 0.0645. The van der Waals surface area contributed by atoms with E-state index in [1.807, 2.05) is 37.3 Å². The number of ether oxygens (including phenoxy) is 2. The van der Waals surface area contributed by atoms with E-state index < -0.39 is 6.10 Å². The molecule has 0 fully saturated rings. The fraction of sp³-hybridized carbons (Fsp3) is 0.294. The van der Waals surface area contributed by atoms with Crippen LogP contribution >= 0.6 is 11.6 Å². The molecule has 1 N–H and O–H groups in total. The lowest BCUT2D eigenvalue weighted by Crippen LogP contribution is -2.20. The van der Waals surface area contributed by atoms with Gasteiger partial charge in [0.25, 0.3) is 0 Å². The van der Waals surface area contributed by atoms with Crippen LogP contribution in [0.4, 0.5) is 0 Å². The van der Waals surface area contributed by atoms with Crippen molar-refractivity contribution in [1.82, 2.24) is 0 Å². The Labute approximate surface area is 129 Å². The Morgan fingerprint density at radius 3 is 2.86 bits per heavy atom. The molecule has 2 aromatic rings. The maximum atomic E-state index is 10.4. The smallest absolute Gasteiger partial charge is 0.132 e. The van der Waals surface area contributed by atoms with Crippen molar-refractivity contribution in [2.75, 3.05) is 7.11 Å². The molecule has 0 saturated heterocycles. The number of aryl methyl sites for hydroxylation is 1.